The fraction of sp³-hybridized carbons (Fsp3) is 0.129. The number of para-hydroxylation sites is 1. The van der Waals surface area contributed by atoms with Gasteiger partial charge in [-0.15, -0.1) is 0 Å². The van der Waals surface area contributed by atoms with Gasteiger partial charge in [-0.05, 0) is 168 Å². The summed E-state index contributed by atoms with van der Waals surface area (Å²) in [5.74, 6) is 0. The van der Waals surface area contributed by atoms with Crippen LogP contribution >= 0.6 is 0 Å². The normalized spacial score (nSPS) is 12.9. The highest BCUT2D eigenvalue weighted by molar-refractivity contribution is 6.27. The van der Waals surface area contributed by atoms with Gasteiger partial charge in [0.15, 0.2) is 0 Å². The molecule has 1 heterocycles. The van der Waals surface area contributed by atoms with Crippen molar-refractivity contribution in [3.63, 3.8) is 0 Å². The SMILES string of the molecule is CC(C)(C)c1cc2ccc3cc(-c4ccc5c6c7cccc(-c8cc9ccc%10cc(C(C)(C)C)cc%11ccc(c8)c9c%10%11)c7ccc6n(-c6ccccc6)c5c4)cc4ccc(c1)c2c34. The lowest BCUT2D eigenvalue weighted by Gasteiger charge is -2.21. The molecule has 0 bridgehead atoms. The van der Waals surface area contributed by atoms with Crippen molar-refractivity contribution in [2.24, 2.45) is 0 Å². The predicted molar refractivity (Wildman–Crippen MR) is 274 cm³/mol. The van der Waals surface area contributed by atoms with Crippen molar-refractivity contribution in [2.75, 3.05) is 0 Å². The number of aromatic nitrogens is 1. The van der Waals surface area contributed by atoms with Gasteiger partial charge in [0, 0.05) is 16.5 Å². The van der Waals surface area contributed by atoms with Gasteiger partial charge in [-0.1, -0.05) is 169 Å². The fourth-order valence-electron chi connectivity index (χ4n) is 11.0. The van der Waals surface area contributed by atoms with E-state index in [0.29, 0.717) is 0 Å². The second kappa shape index (κ2) is 12.7. The minimum Gasteiger partial charge on any atom is -0.309 e. The number of fused-ring (bicyclic) bond motifs is 5. The van der Waals surface area contributed by atoms with Crippen LogP contribution < -0.4 is 0 Å². The average Bonchev–Trinajstić information content (AvgIpc) is 3.63. The van der Waals surface area contributed by atoms with Crippen LogP contribution in [0.3, 0.4) is 0 Å². The van der Waals surface area contributed by atoms with E-state index in [9.17, 15) is 0 Å². The van der Waals surface area contributed by atoms with Crippen LogP contribution in [0.5, 0.6) is 0 Å². The van der Waals surface area contributed by atoms with Crippen LogP contribution in [-0.2, 0) is 10.8 Å². The highest BCUT2D eigenvalue weighted by atomic mass is 15.0. The molecule has 0 N–H and O–H groups in total. The summed E-state index contributed by atoms with van der Waals surface area (Å²) in [6.45, 7) is 13.8. The molecule has 0 aliphatic carbocycles. The lowest BCUT2D eigenvalue weighted by Crippen LogP contribution is -2.10. The molecule has 0 unspecified atom stereocenters. The molecule has 0 spiro atoms. The standard InChI is InChI=1S/C62H47N/c1-61(2,3)47-31-41-19-15-37-27-45(28-38-16-20-42(32-47)58(41)56(37)38)36-23-24-53-55(35-36)63(49-11-8-7-9-12-49)54-26-25-51-50(13-10-14-52(51)60(53)54)46-29-39-17-21-43-33-48(62(4,5)6)34-44-22-18-40(30-46)57(39)59(43)44/h7-35H,1-6H3. The maximum atomic E-state index is 2.47. The molecule has 0 aliphatic heterocycles. The summed E-state index contributed by atoms with van der Waals surface area (Å²) < 4.78 is 2.47. The molecule has 300 valence electrons. The van der Waals surface area contributed by atoms with Gasteiger partial charge in [-0.2, -0.15) is 0 Å². The molecule has 0 atom stereocenters. The van der Waals surface area contributed by atoms with Gasteiger partial charge in [-0.3, -0.25) is 0 Å². The third-order valence-electron chi connectivity index (χ3n) is 14.2. The Morgan fingerprint density at radius 2 is 0.762 bits per heavy atom. The zero-order valence-corrected chi connectivity index (χ0v) is 36.7. The Kier molecular flexibility index (Phi) is 7.33. The summed E-state index contributed by atoms with van der Waals surface area (Å²) in [4.78, 5) is 0. The van der Waals surface area contributed by atoms with Crippen LogP contribution in [0, 0.1) is 0 Å². The molecule has 0 fully saturated rings. The van der Waals surface area contributed by atoms with E-state index in [1.54, 1.807) is 0 Å². The fourth-order valence-corrected chi connectivity index (χ4v) is 11.0. The van der Waals surface area contributed by atoms with Gasteiger partial charge >= 0.3 is 0 Å². The number of nitrogens with zero attached hydrogens (tertiary/aromatic N) is 1. The second-order valence-electron chi connectivity index (χ2n) is 20.2. The molecule has 0 radical (unpaired) electrons. The van der Waals surface area contributed by atoms with Crippen molar-refractivity contribution in [1.29, 1.82) is 0 Å². The van der Waals surface area contributed by atoms with Crippen LogP contribution in [0.4, 0.5) is 0 Å². The van der Waals surface area contributed by atoms with E-state index in [4.69, 9.17) is 0 Å². The van der Waals surface area contributed by atoms with Crippen LogP contribution in [-0.4, -0.2) is 4.57 Å². The first-order valence-electron chi connectivity index (χ1n) is 22.5. The monoisotopic (exact) mass is 805 g/mol. The van der Waals surface area contributed by atoms with E-state index >= 15 is 0 Å². The molecule has 0 saturated heterocycles. The van der Waals surface area contributed by atoms with E-state index in [2.05, 4.69) is 222 Å². The highest BCUT2D eigenvalue weighted by Crippen LogP contribution is 2.45. The first-order chi connectivity index (χ1) is 30.5. The van der Waals surface area contributed by atoms with E-state index in [-0.39, 0.29) is 10.8 Å². The second-order valence-corrected chi connectivity index (χ2v) is 20.2. The summed E-state index contributed by atoms with van der Waals surface area (Å²) in [7, 11) is 0. The Morgan fingerprint density at radius 3 is 1.25 bits per heavy atom. The summed E-state index contributed by atoms with van der Waals surface area (Å²) in [6.07, 6.45) is 0. The maximum absolute atomic E-state index is 2.47. The van der Waals surface area contributed by atoms with Crippen molar-refractivity contribution in [3.05, 3.63) is 187 Å². The van der Waals surface area contributed by atoms with Crippen LogP contribution in [0.25, 0.3) is 125 Å². The Balaban J connectivity index is 0.997. The van der Waals surface area contributed by atoms with Gasteiger partial charge in [0.05, 0.1) is 11.0 Å². The molecule has 0 saturated carbocycles. The zero-order chi connectivity index (χ0) is 42.5. The van der Waals surface area contributed by atoms with E-state index in [0.717, 1.165) is 5.69 Å². The summed E-state index contributed by atoms with van der Waals surface area (Å²) >= 11 is 0. The van der Waals surface area contributed by atoms with Crippen LogP contribution in [0.2, 0.25) is 0 Å². The van der Waals surface area contributed by atoms with Crippen molar-refractivity contribution in [2.45, 2.75) is 52.4 Å². The third-order valence-corrected chi connectivity index (χ3v) is 14.2. The van der Waals surface area contributed by atoms with Gasteiger partial charge in [0.25, 0.3) is 0 Å². The molecule has 63 heavy (non-hydrogen) atoms. The molecule has 0 amide bonds. The van der Waals surface area contributed by atoms with E-state index in [1.165, 1.54) is 131 Å². The van der Waals surface area contributed by atoms with Crippen molar-refractivity contribution < 1.29 is 0 Å². The average molecular weight is 806 g/mol. The molecular formula is C62H47N. The third kappa shape index (κ3) is 5.36. The topological polar surface area (TPSA) is 4.93 Å². The van der Waals surface area contributed by atoms with Crippen LogP contribution in [0.15, 0.2) is 176 Å². The van der Waals surface area contributed by atoms with Crippen molar-refractivity contribution in [3.8, 4) is 27.9 Å². The van der Waals surface area contributed by atoms with Gasteiger partial charge in [0.1, 0.15) is 0 Å². The van der Waals surface area contributed by atoms with E-state index < -0.39 is 0 Å². The minimum absolute atomic E-state index is 0.0932. The lowest BCUT2D eigenvalue weighted by atomic mass is 9.83. The quantitative estimate of drug-likeness (QED) is 0.157. The largest absolute Gasteiger partial charge is 0.309 e. The molecule has 13 rings (SSSR count). The molecule has 1 nitrogen and oxygen atoms in total. The Labute approximate surface area is 367 Å². The lowest BCUT2D eigenvalue weighted by molar-refractivity contribution is 0.591. The highest BCUT2D eigenvalue weighted by Gasteiger charge is 2.22. The van der Waals surface area contributed by atoms with Crippen molar-refractivity contribution >= 4 is 97.2 Å². The van der Waals surface area contributed by atoms with E-state index in [1.807, 2.05) is 0 Å². The minimum atomic E-state index is 0.0932. The molecule has 0 aliphatic rings. The predicted octanol–water partition coefficient (Wildman–Crippen LogP) is 17.7. The number of rotatable bonds is 3. The molecule has 13 aromatic rings. The molecule has 1 heteroatoms. The number of hydrogen-bond acceptors (Lipinski definition) is 0. The van der Waals surface area contributed by atoms with Crippen molar-refractivity contribution in [1.82, 2.24) is 4.57 Å². The summed E-state index contributed by atoms with van der Waals surface area (Å²) in [6, 6.07) is 67.4. The van der Waals surface area contributed by atoms with Gasteiger partial charge in [-0.25, -0.2) is 0 Å². The Hall–Kier alpha value is -7.22. The number of benzene rings is 12. The molecular weight excluding hydrogens is 759 g/mol. The molecule has 1 aromatic heterocycles. The summed E-state index contributed by atoms with van der Waals surface area (Å²) in [5, 5.41) is 21.0. The Morgan fingerprint density at radius 1 is 0.302 bits per heavy atom. The first-order valence-corrected chi connectivity index (χ1v) is 22.5. The van der Waals surface area contributed by atoms with Gasteiger partial charge in [0.2, 0.25) is 0 Å². The van der Waals surface area contributed by atoms with Gasteiger partial charge < -0.3 is 4.57 Å². The maximum Gasteiger partial charge on any atom is 0.0547 e. The summed E-state index contributed by atoms with van der Waals surface area (Å²) in [5.41, 5.74) is 11.5. The molecule has 12 aromatic carbocycles. The first kappa shape index (κ1) is 36.4. The zero-order valence-electron chi connectivity index (χ0n) is 36.7. The Bertz CT molecular complexity index is 3880. The smallest absolute Gasteiger partial charge is 0.0547 e. The number of hydrogen-bond donors (Lipinski definition) is 0. The van der Waals surface area contributed by atoms with Crippen LogP contribution in [0.1, 0.15) is 52.7 Å².